The number of rotatable bonds is 5. The molecule has 3 rings (SSSR count). The number of hydrogen-bond donors (Lipinski definition) is 2. The predicted molar refractivity (Wildman–Crippen MR) is 99.0 cm³/mol. The molecule has 2 aromatic rings. The van der Waals surface area contributed by atoms with Crippen molar-refractivity contribution in [2.24, 2.45) is 0 Å². The van der Waals surface area contributed by atoms with Crippen LogP contribution in [0.15, 0.2) is 42.5 Å². The van der Waals surface area contributed by atoms with Gasteiger partial charge in [0.1, 0.15) is 13.2 Å². The van der Waals surface area contributed by atoms with Crippen molar-refractivity contribution in [2.45, 2.75) is 0 Å². The maximum atomic E-state index is 12.1. The molecular formula is C19H21N3O4. The van der Waals surface area contributed by atoms with E-state index >= 15 is 0 Å². The van der Waals surface area contributed by atoms with Crippen LogP contribution < -0.4 is 20.1 Å². The highest BCUT2D eigenvalue weighted by molar-refractivity contribution is 5.95. The zero-order valence-electron chi connectivity index (χ0n) is 14.7. The van der Waals surface area contributed by atoms with E-state index in [-0.39, 0.29) is 18.4 Å². The fourth-order valence-electron chi connectivity index (χ4n) is 2.50. The molecule has 7 nitrogen and oxygen atoms in total. The molecule has 136 valence electrons. The maximum absolute atomic E-state index is 12.1. The summed E-state index contributed by atoms with van der Waals surface area (Å²) in [6.07, 6.45) is 0. The van der Waals surface area contributed by atoms with E-state index in [1.54, 1.807) is 56.6 Å². The molecule has 0 fully saturated rings. The molecule has 0 saturated carbocycles. The standard InChI is InChI=1S/C19H21N3O4/c1-22(2)19(24)13-3-5-14(6-4-13)20-12-18(23)21-15-7-8-16-17(11-15)26-10-9-25-16/h3-8,11,20H,9-10,12H2,1-2H3,(H,21,23). The number of anilines is 2. The summed E-state index contributed by atoms with van der Waals surface area (Å²) in [5.41, 5.74) is 2.01. The Kier molecular flexibility index (Phi) is 5.26. The van der Waals surface area contributed by atoms with E-state index in [1.165, 1.54) is 4.90 Å². The molecule has 26 heavy (non-hydrogen) atoms. The number of carbonyl (C=O) groups excluding carboxylic acids is 2. The average molecular weight is 355 g/mol. The molecule has 0 aromatic heterocycles. The second-order valence-electron chi connectivity index (χ2n) is 6.04. The molecule has 0 spiro atoms. The second kappa shape index (κ2) is 7.77. The van der Waals surface area contributed by atoms with Crippen molar-refractivity contribution >= 4 is 23.2 Å². The zero-order valence-corrected chi connectivity index (χ0v) is 14.7. The number of fused-ring (bicyclic) bond motifs is 1. The number of hydrogen-bond acceptors (Lipinski definition) is 5. The Morgan fingerprint density at radius 3 is 2.31 bits per heavy atom. The van der Waals surface area contributed by atoms with Gasteiger partial charge in [-0.15, -0.1) is 0 Å². The summed E-state index contributed by atoms with van der Waals surface area (Å²) >= 11 is 0. The van der Waals surface area contributed by atoms with Crippen LogP contribution in [0, 0.1) is 0 Å². The number of amides is 2. The van der Waals surface area contributed by atoms with Gasteiger partial charge >= 0.3 is 0 Å². The quantitative estimate of drug-likeness (QED) is 0.860. The van der Waals surface area contributed by atoms with Crippen LogP contribution in [0.3, 0.4) is 0 Å². The summed E-state index contributed by atoms with van der Waals surface area (Å²) in [6.45, 7) is 1.13. The van der Waals surface area contributed by atoms with Gasteiger partial charge in [0.2, 0.25) is 5.91 Å². The van der Waals surface area contributed by atoms with Crippen molar-refractivity contribution in [1.82, 2.24) is 4.90 Å². The molecule has 0 bridgehead atoms. The van der Waals surface area contributed by atoms with E-state index in [4.69, 9.17) is 9.47 Å². The van der Waals surface area contributed by atoms with Gasteiger partial charge in [0.25, 0.3) is 5.91 Å². The number of nitrogens with zero attached hydrogens (tertiary/aromatic N) is 1. The van der Waals surface area contributed by atoms with Gasteiger partial charge in [-0.2, -0.15) is 0 Å². The van der Waals surface area contributed by atoms with Crippen molar-refractivity contribution in [1.29, 1.82) is 0 Å². The lowest BCUT2D eigenvalue weighted by Crippen LogP contribution is -2.23. The Bertz CT molecular complexity index is 803. The Hall–Kier alpha value is -3.22. The third kappa shape index (κ3) is 4.24. The van der Waals surface area contributed by atoms with Crippen LogP contribution >= 0.6 is 0 Å². The molecule has 0 radical (unpaired) electrons. The Morgan fingerprint density at radius 1 is 0.962 bits per heavy atom. The van der Waals surface area contributed by atoms with E-state index < -0.39 is 0 Å². The highest BCUT2D eigenvalue weighted by Gasteiger charge is 2.13. The SMILES string of the molecule is CN(C)C(=O)c1ccc(NCC(=O)Nc2ccc3c(c2)OCCO3)cc1. The summed E-state index contributed by atoms with van der Waals surface area (Å²) in [6, 6.07) is 12.3. The molecule has 7 heteroatoms. The van der Waals surface area contributed by atoms with Crippen molar-refractivity contribution in [2.75, 3.05) is 44.5 Å². The minimum absolute atomic E-state index is 0.0621. The summed E-state index contributed by atoms with van der Waals surface area (Å²) in [7, 11) is 3.41. The number of nitrogens with one attached hydrogen (secondary N) is 2. The van der Waals surface area contributed by atoms with Gasteiger partial charge in [-0.25, -0.2) is 0 Å². The van der Waals surface area contributed by atoms with Crippen LogP contribution in [0.4, 0.5) is 11.4 Å². The molecule has 0 aliphatic carbocycles. The summed E-state index contributed by atoms with van der Waals surface area (Å²) in [4.78, 5) is 25.5. The average Bonchev–Trinajstić information content (AvgIpc) is 2.66. The van der Waals surface area contributed by atoms with E-state index in [0.29, 0.717) is 36.0 Å². The van der Waals surface area contributed by atoms with E-state index in [1.807, 2.05) is 0 Å². The zero-order chi connectivity index (χ0) is 18.5. The lowest BCUT2D eigenvalue weighted by molar-refractivity contribution is -0.114. The molecule has 1 aliphatic heterocycles. The summed E-state index contributed by atoms with van der Waals surface area (Å²) in [5.74, 6) is 1.06. The lowest BCUT2D eigenvalue weighted by Gasteiger charge is -2.19. The largest absolute Gasteiger partial charge is 0.486 e. The van der Waals surface area contributed by atoms with Crippen LogP contribution in [-0.4, -0.2) is 50.6 Å². The Morgan fingerprint density at radius 2 is 1.62 bits per heavy atom. The van der Waals surface area contributed by atoms with E-state index in [2.05, 4.69) is 10.6 Å². The molecule has 2 aromatic carbocycles. The third-order valence-corrected chi connectivity index (χ3v) is 3.82. The molecule has 0 unspecified atom stereocenters. The first-order valence-corrected chi connectivity index (χ1v) is 8.28. The smallest absolute Gasteiger partial charge is 0.253 e. The molecule has 0 saturated heterocycles. The first-order valence-electron chi connectivity index (χ1n) is 8.28. The minimum atomic E-state index is -0.185. The van der Waals surface area contributed by atoms with Gasteiger partial charge < -0.3 is 25.0 Å². The van der Waals surface area contributed by atoms with Crippen LogP contribution in [0.25, 0.3) is 0 Å². The molecule has 1 aliphatic rings. The normalized spacial score (nSPS) is 12.2. The first kappa shape index (κ1) is 17.6. The second-order valence-corrected chi connectivity index (χ2v) is 6.04. The minimum Gasteiger partial charge on any atom is -0.486 e. The number of benzene rings is 2. The van der Waals surface area contributed by atoms with Crippen LogP contribution in [0.5, 0.6) is 11.5 Å². The molecule has 2 amide bonds. The first-order chi connectivity index (χ1) is 12.5. The van der Waals surface area contributed by atoms with Gasteiger partial charge in [-0.05, 0) is 36.4 Å². The van der Waals surface area contributed by atoms with Gasteiger partial charge in [-0.3, -0.25) is 9.59 Å². The highest BCUT2D eigenvalue weighted by Crippen LogP contribution is 2.32. The third-order valence-electron chi connectivity index (χ3n) is 3.82. The topological polar surface area (TPSA) is 79.9 Å². The fraction of sp³-hybridized carbons (Fsp3) is 0.263. The monoisotopic (exact) mass is 355 g/mol. The Balaban J connectivity index is 1.53. The van der Waals surface area contributed by atoms with Crippen LogP contribution in [0.2, 0.25) is 0 Å². The maximum Gasteiger partial charge on any atom is 0.253 e. The van der Waals surface area contributed by atoms with Crippen molar-refractivity contribution in [3.05, 3.63) is 48.0 Å². The van der Waals surface area contributed by atoms with Crippen molar-refractivity contribution in [3.8, 4) is 11.5 Å². The number of ether oxygens (including phenoxy) is 2. The van der Waals surface area contributed by atoms with E-state index in [0.717, 1.165) is 5.69 Å². The molecule has 2 N–H and O–H groups in total. The van der Waals surface area contributed by atoms with E-state index in [9.17, 15) is 9.59 Å². The molecular weight excluding hydrogens is 334 g/mol. The predicted octanol–water partition coefficient (Wildman–Crippen LogP) is 2.21. The van der Waals surface area contributed by atoms with Crippen LogP contribution in [-0.2, 0) is 4.79 Å². The fourth-order valence-corrected chi connectivity index (χ4v) is 2.50. The van der Waals surface area contributed by atoms with Gasteiger partial charge in [0, 0.05) is 37.1 Å². The summed E-state index contributed by atoms with van der Waals surface area (Å²) in [5, 5.41) is 5.84. The highest BCUT2D eigenvalue weighted by atomic mass is 16.6. The molecule has 0 atom stereocenters. The molecule has 1 heterocycles. The van der Waals surface area contributed by atoms with Gasteiger partial charge in [-0.1, -0.05) is 0 Å². The summed E-state index contributed by atoms with van der Waals surface area (Å²) < 4.78 is 11.0. The number of carbonyl (C=O) groups is 2. The lowest BCUT2D eigenvalue weighted by atomic mass is 10.2. The van der Waals surface area contributed by atoms with Crippen molar-refractivity contribution in [3.63, 3.8) is 0 Å². The van der Waals surface area contributed by atoms with Gasteiger partial charge in [0.15, 0.2) is 11.5 Å². The van der Waals surface area contributed by atoms with Gasteiger partial charge in [0.05, 0.1) is 6.54 Å². The van der Waals surface area contributed by atoms with Crippen LogP contribution in [0.1, 0.15) is 10.4 Å². The Labute approximate surface area is 151 Å². The van der Waals surface area contributed by atoms with Crippen molar-refractivity contribution < 1.29 is 19.1 Å².